The molecule has 0 aliphatic rings. The van der Waals surface area contributed by atoms with Gasteiger partial charge in [0.15, 0.2) is 0 Å². The van der Waals surface area contributed by atoms with Gasteiger partial charge in [0.25, 0.3) is 0 Å². The van der Waals surface area contributed by atoms with Crippen LogP contribution in [0, 0.1) is 11.3 Å². The van der Waals surface area contributed by atoms with Crippen LogP contribution in [0.25, 0.3) is 0 Å². The molecule has 1 aromatic carbocycles. The van der Waals surface area contributed by atoms with E-state index in [0.717, 1.165) is 12.5 Å². The van der Waals surface area contributed by atoms with E-state index in [2.05, 4.69) is 15.9 Å². The number of halogens is 2. The van der Waals surface area contributed by atoms with Gasteiger partial charge in [-0.2, -0.15) is 8.97 Å². The Kier molecular flexibility index (Phi) is 5.08. The van der Waals surface area contributed by atoms with Gasteiger partial charge in [-0.15, -0.1) is 0 Å². The fourth-order valence-electron chi connectivity index (χ4n) is 1.55. The number of sulfonamides is 2. The van der Waals surface area contributed by atoms with Crippen LogP contribution in [0.3, 0.4) is 0 Å². The molecule has 0 saturated heterocycles. The zero-order valence-corrected chi connectivity index (χ0v) is 14.4. The van der Waals surface area contributed by atoms with Crippen LogP contribution in [0.15, 0.2) is 16.6 Å². The van der Waals surface area contributed by atoms with Crippen LogP contribution in [0.1, 0.15) is 5.56 Å². The van der Waals surface area contributed by atoms with E-state index in [-0.39, 0.29) is 25.3 Å². The predicted molar refractivity (Wildman–Crippen MR) is 80.6 cm³/mol. The summed E-state index contributed by atoms with van der Waals surface area (Å²) in [4.78, 5) is 0. The van der Waals surface area contributed by atoms with Crippen LogP contribution in [-0.4, -0.2) is 29.3 Å². The van der Waals surface area contributed by atoms with Gasteiger partial charge in [0.1, 0.15) is 0 Å². The summed E-state index contributed by atoms with van der Waals surface area (Å²) in [5.74, 6) is 0. The topological polar surface area (TPSA) is 95.3 Å². The molecule has 10 heteroatoms. The number of hydrogen-bond donors (Lipinski definition) is 0. The Morgan fingerprint density at radius 3 is 2.15 bits per heavy atom. The lowest BCUT2D eigenvalue weighted by molar-refractivity contribution is 0.590. The van der Waals surface area contributed by atoms with Crippen LogP contribution in [0.5, 0.6) is 0 Å². The first-order chi connectivity index (χ1) is 9.00. The summed E-state index contributed by atoms with van der Waals surface area (Å²) in [7, 11) is -8.13. The summed E-state index contributed by atoms with van der Waals surface area (Å²) in [6, 6.07) is 4.62. The molecule has 0 bridgehead atoms. The van der Waals surface area contributed by atoms with Gasteiger partial charge < -0.3 is 0 Å². The summed E-state index contributed by atoms with van der Waals surface area (Å²) in [6.45, 7) is 0. The smallest absolute Gasteiger partial charge is 0.206 e. The van der Waals surface area contributed by atoms with Crippen molar-refractivity contribution in [1.29, 1.82) is 5.26 Å². The summed E-state index contributed by atoms with van der Waals surface area (Å²) < 4.78 is 47.2. The van der Waals surface area contributed by atoms with Gasteiger partial charge in [-0.05, 0) is 27.6 Å². The number of rotatable bonds is 4. The summed E-state index contributed by atoms with van der Waals surface area (Å²) in [6.07, 6.45) is 1.58. The average molecular weight is 402 g/mol. The lowest BCUT2D eigenvalue weighted by Gasteiger charge is -2.21. The van der Waals surface area contributed by atoms with Crippen molar-refractivity contribution in [3.8, 4) is 6.07 Å². The Bertz CT molecular complexity index is 752. The lowest BCUT2D eigenvalue weighted by atomic mass is 10.1. The SMILES string of the molecule is CS(=O)(=O)N(c1ccc(CC#N)c(Br)c1Cl)S(C)(=O)=O. The van der Waals surface area contributed by atoms with Gasteiger partial charge in [0.2, 0.25) is 20.0 Å². The van der Waals surface area contributed by atoms with Crippen LogP contribution >= 0.6 is 27.5 Å². The molecule has 0 aliphatic carbocycles. The second-order valence-electron chi connectivity index (χ2n) is 3.93. The van der Waals surface area contributed by atoms with Gasteiger partial charge in [-0.1, -0.05) is 17.7 Å². The van der Waals surface area contributed by atoms with Crippen LogP contribution in [0.4, 0.5) is 5.69 Å². The molecule has 0 unspecified atom stereocenters. The molecule has 110 valence electrons. The Labute approximate surface area is 131 Å². The second kappa shape index (κ2) is 5.89. The van der Waals surface area contributed by atoms with E-state index in [1.54, 1.807) is 0 Å². The van der Waals surface area contributed by atoms with Crippen molar-refractivity contribution in [2.75, 3.05) is 16.2 Å². The van der Waals surface area contributed by atoms with E-state index in [1.807, 2.05) is 6.07 Å². The number of anilines is 1. The summed E-state index contributed by atoms with van der Waals surface area (Å²) in [5.41, 5.74) is 0.341. The van der Waals surface area contributed by atoms with Crippen molar-refractivity contribution >= 4 is 53.3 Å². The number of nitrogens with zero attached hydrogens (tertiary/aromatic N) is 2. The fourth-order valence-corrected chi connectivity index (χ4v) is 5.38. The minimum absolute atomic E-state index is 0.0539. The quantitative estimate of drug-likeness (QED) is 0.768. The number of benzene rings is 1. The normalized spacial score (nSPS) is 11.9. The first-order valence-corrected chi connectivity index (χ1v) is 9.91. The highest BCUT2D eigenvalue weighted by atomic mass is 79.9. The molecule has 0 amide bonds. The maximum absolute atomic E-state index is 11.7. The third-order valence-corrected chi connectivity index (χ3v) is 6.95. The Morgan fingerprint density at radius 2 is 1.75 bits per heavy atom. The second-order valence-corrected chi connectivity index (χ2v) is 8.99. The first kappa shape index (κ1) is 17.2. The van der Waals surface area contributed by atoms with Gasteiger partial charge in [0, 0.05) is 4.47 Å². The van der Waals surface area contributed by atoms with E-state index < -0.39 is 20.0 Å². The largest absolute Gasteiger partial charge is 0.245 e. The van der Waals surface area contributed by atoms with E-state index in [9.17, 15) is 16.8 Å². The molecule has 0 atom stereocenters. The fraction of sp³-hybridized carbons (Fsp3) is 0.300. The Balaban J connectivity index is 3.62. The zero-order chi connectivity index (χ0) is 15.7. The molecule has 0 aliphatic heterocycles. The van der Waals surface area contributed by atoms with Crippen molar-refractivity contribution in [3.05, 3.63) is 27.2 Å². The molecular weight excluding hydrogens is 392 g/mol. The molecule has 0 aromatic heterocycles. The Hall–Kier alpha value is -0.820. The third-order valence-electron chi connectivity index (χ3n) is 2.21. The maximum Gasteiger partial charge on any atom is 0.245 e. The summed E-state index contributed by atoms with van der Waals surface area (Å²) >= 11 is 9.15. The van der Waals surface area contributed by atoms with Crippen molar-refractivity contribution in [3.63, 3.8) is 0 Å². The molecule has 0 fully saturated rings. The standard InChI is InChI=1S/C10H10BrClN2O4S2/c1-19(15,16)14(20(2,17)18)8-4-3-7(5-6-13)9(11)10(8)12/h3-4H,5H2,1-2H3. The molecule has 1 rings (SSSR count). The molecule has 0 N–H and O–H groups in total. The molecule has 1 aromatic rings. The van der Waals surface area contributed by atoms with E-state index in [0.29, 0.717) is 5.56 Å². The van der Waals surface area contributed by atoms with Gasteiger partial charge in [-0.3, -0.25) is 0 Å². The molecule has 0 radical (unpaired) electrons. The monoisotopic (exact) mass is 400 g/mol. The minimum atomic E-state index is -4.06. The van der Waals surface area contributed by atoms with E-state index in [1.165, 1.54) is 12.1 Å². The van der Waals surface area contributed by atoms with Crippen LogP contribution in [0.2, 0.25) is 5.02 Å². The zero-order valence-electron chi connectivity index (χ0n) is 10.5. The molecule has 20 heavy (non-hydrogen) atoms. The number of hydrogen-bond acceptors (Lipinski definition) is 5. The highest BCUT2D eigenvalue weighted by molar-refractivity contribution is 9.10. The van der Waals surface area contributed by atoms with Gasteiger partial charge >= 0.3 is 0 Å². The molecule has 6 nitrogen and oxygen atoms in total. The highest BCUT2D eigenvalue weighted by Crippen LogP contribution is 2.37. The summed E-state index contributed by atoms with van der Waals surface area (Å²) in [5, 5.41) is 8.57. The van der Waals surface area contributed by atoms with Crippen molar-refractivity contribution in [1.82, 2.24) is 0 Å². The van der Waals surface area contributed by atoms with Crippen molar-refractivity contribution in [2.24, 2.45) is 0 Å². The van der Waals surface area contributed by atoms with Gasteiger partial charge in [-0.25, -0.2) is 16.8 Å². The molecule has 0 heterocycles. The first-order valence-electron chi connectivity index (χ1n) is 5.04. The lowest BCUT2D eigenvalue weighted by Crippen LogP contribution is -2.35. The van der Waals surface area contributed by atoms with Gasteiger partial charge in [0.05, 0.1) is 35.7 Å². The minimum Gasteiger partial charge on any atom is -0.206 e. The highest BCUT2D eigenvalue weighted by Gasteiger charge is 2.30. The van der Waals surface area contributed by atoms with E-state index >= 15 is 0 Å². The molecular formula is C10H10BrClN2O4S2. The van der Waals surface area contributed by atoms with Crippen molar-refractivity contribution < 1.29 is 16.8 Å². The predicted octanol–water partition coefficient (Wildman–Crippen LogP) is 1.89. The number of nitriles is 1. The maximum atomic E-state index is 11.7. The third kappa shape index (κ3) is 3.63. The Morgan fingerprint density at radius 1 is 1.25 bits per heavy atom. The van der Waals surface area contributed by atoms with Crippen LogP contribution in [-0.2, 0) is 26.5 Å². The van der Waals surface area contributed by atoms with Crippen LogP contribution < -0.4 is 3.71 Å². The average Bonchev–Trinajstić information content (AvgIpc) is 2.25. The molecule has 0 saturated carbocycles. The van der Waals surface area contributed by atoms with E-state index in [4.69, 9.17) is 16.9 Å². The van der Waals surface area contributed by atoms with Crippen molar-refractivity contribution in [2.45, 2.75) is 6.42 Å². The molecule has 0 spiro atoms.